The highest BCUT2D eigenvalue weighted by atomic mass is 16.5. The first kappa shape index (κ1) is 14.7. The highest BCUT2D eigenvalue weighted by Crippen LogP contribution is 2.29. The van der Waals surface area contributed by atoms with Gasteiger partial charge in [0.1, 0.15) is 0 Å². The van der Waals surface area contributed by atoms with E-state index in [1.165, 1.54) is 6.42 Å². The van der Waals surface area contributed by atoms with Crippen molar-refractivity contribution in [3.63, 3.8) is 0 Å². The maximum absolute atomic E-state index is 12.6. The fourth-order valence-electron chi connectivity index (χ4n) is 2.98. The summed E-state index contributed by atoms with van der Waals surface area (Å²) in [5.41, 5.74) is 0.656. The number of rotatable bonds is 3. The number of hydrogen-bond donors (Lipinski definition) is 0. The number of hydrogen-bond acceptors (Lipinski definition) is 3. The molecule has 1 aliphatic heterocycles. The number of ether oxygens (including phenoxy) is 2. The summed E-state index contributed by atoms with van der Waals surface area (Å²) in [6, 6.07) is 5.33. The highest BCUT2D eigenvalue weighted by molar-refractivity contribution is 5.95. The molecule has 0 N–H and O–H groups in total. The van der Waals surface area contributed by atoms with E-state index >= 15 is 0 Å². The maximum atomic E-state index is 12.6. The second-order valence-corrected chi connectivity index (χ2v) is 5.73. The monoisotopic (exact) mass is 277 g/mol. The first-order valence-corrected chi connectivity index (χ1v) is 7.06. The normalized spacial score (nSPS) is 22.5. The number of carbonyl (C=O) groups excluding carboxylic acids is 1. The van der Waals surface area contributed by atoms with Crippen LogP contribution >= 0.6 is 0 Å². The van der Waals surface area contributed by atoms with Gasteiger partial charge < -0.3 is 14.4 Å². The van der Waals surface area contributed by atoms with Gasteiger partial charge in [-0.1, -0.05) is 13.8 Å². The van der Waals surface area contributed by atoms with Crippen LogP contribution in [-0.2, 0) is 0 Å². The Morgan fingerprint density at radius 3 is 2.25 bits per heavy atom. The zero-order chi connectivity index (χ0) is 14.7. The van der Waals surface area contributed by atoms with E-state index < -0.39 is 0 Å². The van der Waals surface area contributed by atoms with Crippen LogP contribution < -0.4 is 9.47 Å². The van der Waals surface area contributed by atoms with E-state index in [0.717, 1.165) is 13.1 Å². The number of likely N-dealkylation sites (tertiary alicyclic amines) is 1. The lowest BCUT2D eigenvalue weighted by Gasteiger charge is -2.35. The molecule has 4 heteroatoms. The molecular formula is C16H23NO3. The molecule has 0 spiro atoms. The van der Waals surface area contributed by atoms with Crippen molar-refractivity contribution in [1.82, 2.24) is 4.90 Å². The Morgan fingerprint density at radius 2 is 1.70 bits per heavy atom. The number of benzene rings is 1. The molecule has 1 amide bonds. The van der Waals surface area contributed by atoms with Gasteiger partial charge in [-0.2, -0.15) is 0 Å². The minimum atomic E-state index is 0.0735. The van der Waals surface area contributed by atoms with E-state index in [-0.39, 0.29) is 5.91 Å². The molecule has 0 radical (unpaired) electrons. The molecule has 1 fully saturated rings. The Bertz CT molecular complexity index is 477. The van der Waals surface area contributed by atoms with Crippen molar-refractivity contribution < 1.29 is 14.3 Å². The summed E-state index contributed by atoms with van der Waals surface area (Å²) in [6.07, 6.45) is 1.19. The molecule has 0 saturated carbocycles. The van der Waals surface area contributed by atoms with Crippen LogP contribution in [0.25, 0.3) is 0 Å². The largest absolute Gasteiger partial charge is 0.493 e. The van der Waals surface area contributed by atoms with Crippen LogP contribution in [0.3, 0.4) is 0 Å². The topological polar surface area (TPSA) is 38.8 Å². The molecule has 110 valence electrons. The summed E-state index contributed by atoms with van der Waals surface area (Å²) in [5.74, 6) is 2.43. The number of nitrogens with zero attached hydrogens (tertiary/aromatic N) is 1. The minimum absolute atomic E-state index is 0.0735. The van der Waals surface area contributed by atoms with Crippen LogP contribution in [0.2, 0.25) is 0 Å². The van der Waals surface area contributed by atoms with Crippen LogP contribution in [0.15, 0.2) is 18.2 Å². The highest BCUT2D eigenvalue weighted by Gasteiger charge is 2.26. The fraction of sp³-hybridized carbons (Fsp3) is 0.562. The van der Waals surface area contributed by atoms with Crippen molar-refractivity contribution >= 4 is 5.91 Å². The fourth-order valence-corrected chi connectivity index (χ4v) is 2.98. The molecule has 20 heavy (non-hydrogen) atoms. The molecule has 2 unspecified atom stereocenters. The summed E-state index contributed by atoms with van der Waals surface area (Å²) in [7, 11) is 3.17. The van der Waals surface area contributed by atoms with Crippen molar-refractivity contribution in [3.8, 4) is 11.5 Å². The van der Waals surface area contributed by atoms with Gasteiger partial charge in [0.2, 0.25) is 0 Å². The van der Waals surface area contributed by atoms with Crippen molar-refractivity contribution in [3.05, 3.63) is 23.8 Å². The summed E-state index contributed by atoms with van der Waals surface area (Å²) in [5, 5.41) is 0. The zero-order valence-electron chi connectivity index (χ0n) is 12.7. The minimum Gasteiger partial charge on any atom is -0.493 e. The van der Waals surface area contributed by atoms with Crippen LogP contribution in [0.5, 0.6) is 11.5 Å². The molecule has 4 nitrogen and oxygen atoms in total. The lowest BCUT2D eigenvalue weighted by Crippen LogP contribution is -2.42. The van der Waals surface area contributed by atoms with Crippen molar-refractivity contribution in [2.75, 3.05) is 27.3 Å². The molecule has 0 aliphatic carbocycles. The summed E-state index contributed by atoms with van der Waals surface area (Å²) >= 11 is 0. The molecule has 1 heterocycles. The van der Waals surface area contributed by atoms with E-state index in [2.05, 4.69) is 13.8 Å². The zero-order valence-corrected chi connectivity index (χ0v) is 12.7. The Hall–Kier alpha value is -1.71. The van der Waals surface area contributed by atoms with Gasteiger partial charge in [0.15, 0.2) is 11.5 Å². The van der Waals surface area contributed by atoms with Gasteiger partial charge in [0.25, 0.3) is 5.91 Å². The van der Waals surface area contributed by atoms with Gasteiger partial charge in [0.05, 0.1) is 14.2 Å². The van der Waals surface area contributed by atoms with Crippen molar-refractivity contribution in [1.29, 1.82) is 0 Å². The average Bonchev–Trinajstić information content (AvgIpc) is 2.44. The maximum Gasteiger partial charge on any atom is 0.254 e. The second-order valence-electron chi connectivity index (χ2n) is 5.73. The molecule has 1 saturated heterocycles. The van der Waals surface area contributed by atoms with Gasteiger partial charge in [-0.3, -0.25) is 4.79 Å². The number of carbonyl (C=O) groups is 1. The number of amides is 1. The Balaban J connectivity index is 2.20. The Morgan fingerprint density at radius 1 is 1.10 bits per heavy atom. The molecule has 2 atom stereocenters. The Kier molecular flexibility index (Phi) is 4.53. The molecule has 0 bridgehead atoms. The molecular weight excluding hydrogens is 254 g/mol. The first-order chi connectivity index (χ1) is 9.55. The lowest BCUT2D eigenvalue weighted by molar-refractivity contribution is 0.0622. The van der Waals surface area contributed by atoms with E-state index in [9.17, 15) is 4.79 Å². The van der Waals surface area contributed by atoms with Crippen molar-refractivity contribution in [2.24, 2.45) is 11.8 Å². The van der Waals surface area contributed by atoms with Gasteiger partial charge in [-0.15, -0.1) is 0 Å². The lowest BCUT2D eigenvalue weighted by atomic mass is 9.91. The molecule has 1 aliphatic rings. The quantitative estimate of drug-likeness (QED) is 0.852. The first-order valence-electron chi connectivity index (χ1n) is 7.06. The standard InChI is InChI=1S/C16H23NO3/c1-11-7-12(2)10-17(9-11)16(18)13-5-6-14(19-3)15(8-13)20-4/h5-6,8,11-12H,7,9-10H2,1-4H3. The van der Waals surface area contributed by atoms with Crippen molar-refractivity contribution in [2.45, 2.75) is 20.3 Å². The Labute approximate surface area is 120 Å². The molecule has 1 aromatic rings. The van der Waals surface area contributed by atoms with E-state index in [4.69, 9.17) is 9.47 Å². The second kappa shape index (κ2) is 6.16. The van der Waals surface area contributed by atoms with E-state index in [0.29, 0.717) is 28.9 Å². The van der Waals surface area contributed by atoms with E-state index in [1.807, 2.05) is 4.90 Å². The van der Waals surface area contributed by atoms with E-state index in [1.54, 1.807) is 32.4 Å². The van der Waals surface area contributed by atoms with Gasteiger partial charge in [-0.05, 0) is 36.5 Å². The van der Waals surface area contributed by atoms with Crippen LogP contribution in [0, 0.1) is 11.8 Å². The van der Waals surface area contributed by atoms with Crippen LogP contribution in [0.1, 0.15) is 30.6 Å². The van der Waals surface area contributed by atoms with Gasteiger partial charge >= 0.3 is 0 Å². The predicted octanol–water partition coefficient (Wildman–Crippen LogP) is 2.82. The average molecular weight is 277 g/mol. The van der Waals surface area contributed by atoms with Crippen LogP contribution in [-0.4, -0.2) is 38.1 Å². The third kappa shape index (κ3) is 3.06. The smallest absolute Gasteiger partial charge is 0.254 e. The van der Waals surface area contributed by atoms with Crippen LogP contribution in [0.4, 0.5) is 0 Å². The predicted molar refractivity (Wildman–Crippen MR) is 78.4 cm³/mol. The van der Waals surface area contributed by atoms with Gasteiger partial charge in [-0.25, -0.2) is 0 Å². The summed E-state index contributed by atoms with van der Waals surface area (Å²) < 4.78 is 10.5. The molecule has 2 rings (SSSR count). The summed E-state index contributed by atoms with van der Waals surface area (Å²) in [6.45, 7) is 6.06. The molecule has 1 aromatic carbocycles. The summed E-state index contributed by atoms with van der Waals surface area (Å²) in [4.78, 5) is 14.5. The third-order valence-corrected chi connectivity index (χ3v) is 3.79. The number of piperidine rings is 1. The third-order valence-electron chi connectivity index (χ3n) is 3.79. The SMILES string of the molecule is COc1ccc(C(=O)N2CC(C)CC(C)C2)cc1OC. The van der Waals surface area contributed by atoms with Gasteiger partial charge in [0, 0.05) is 18.7 Å². The number of methoxy groups -OCH3 is 2. The molecule has 0 aromatic heterocycles.